The molecule has 2 aromatic heterocycles. The molecule has 0 bridgehead atoms. The van der Waals surface area contributed by atoms with Gasteiger partial charge in [-0.15, -0.1) is 0 Å². The fraction of sp³-hybridized carbons (Fsp3) is 0.744. The van der Waals surface area contributed by atoms with Crippen LogP contribution in [0.3, 0.4) is 0 Å². The lowest BCUT2D eigenvalue weighted by Gasteiger charge is -2.27. The Hall–Kier alpha value is -4.10. The zero-order valence-electron chi connectivity index (χ0n) is 35.1. The zero-order chi connectivity index (χ0) is 42.7. The molecule has 5 heterocycles. The molecule has 0 aromatic carbocycles. The second-order valence-corrected chi connectivity index (χ2v) is 14.0. The van der Waals surface area contributed by atoms with E-state index in [1.165, 1.54) is 12.1 Å². The van der Waals surface area contributed by atoms with E-state index < -0.39 is 9.85 Å². The Morgan fingerprint density at radius 1 is 0.361 bits per heavy atom. The SMILES string of the molecule is O=[N+]([O-])c1ccc(N2CCOCCOCCOCCOCCOCC2)nc1N1CCCN(c2nc(N3CCOCCOCCOCCOCCOCC3)ccc2[N+](=O)[O-])CC1. The van der Waals surface area contributed by atoms with E-state index in [0.717, 1.165) is 0 Å². The first-order valence-electron chi connectivity index (χ1n) is 21.1. The van der Waals surface area contributed by atoms with Gasteiger partial charge in [-0.1, -0.05) is 0 Å². The van der Waals surface area contributed by atoms with Crippen molar-refractivity contribution >= 4 is 34.6 Å². The van der Waals surface area contributed by atoms with Crippen molar-refractivity contribution in [1.82, 2.24) is 9.97 Å². The third-order valence-electron chi connectivity index (χ3n) is 9.81. The number of nitrogens with zero attached hydrogens (tertiary/aromatic N) is 8. The minimum atomic E-state index is -0.435. The van der Waals surface area contributed by atoms with Gasteiger partial charge in [0, 0.05) is 64.5 Å². The molecule has 0 radical (unpaired) electrons. The summed E-state index contributed by atoms with van der Waals surface area (Å²) in [6.07, 6.45) is 0.537. The lowest BCUT2D eigenvalue weighted by Crippen LogP contribution is -2.35. The van der Waals surface area contributed by atoms with Gasteiger partial charge in [0.15, 0.2) is 0 Å². The maximum Gasteiger partial charge on any atom is 0.311 e. The zero-order valence-corrected chi connectivity index (χ0v) is 35.1. The van der Waals surface area contributed by atoms with Crippen molar-refractivity contribution in [3.8, 4) is 0 Å². The lowest BCUT2D eigenvalue weighted by molar-refractivity contribution is -0.384. The Bertz CT molecular complexity index is 1420. The molecule has 22 heteroatoms. The molecular weight excluding hydrogens is 804 g/mol. The normalized spacial score (nSPS) is 21.0. The van der Waals surface area contributed by atoms with Crippen LogP contribution in [0.15, 0.2) is 24.3 Å². The van der Waals surface area contributed by atoms with Gasteiger partial charge in [0.25, 0.3) is 0 Å². The van der Waals surface area contributed by atoms with Crippen molar-refractivity contribution in [3.05, 3.63) is 44.5 Å². The van der Waals surface area contributed by atoms with E-state index in [4.69, 9.17) is 57.3 Å². The Morgan fingerprint density at radius 2 is 0.623 bits per heavy atom. The van der Waals surface area contributed by atoms with Crippen LogP contribution in [0.4, 0.5) is 34.6 Å². The highest BCUT2D eigenvalue weighted by Gasteiger charge is 2.29. The standard InChI is InChI=1S/C39H62N8O14/c48-46(49)34-2-4-36(42-10-14-52-18-22-56-26-30-60-31-27-57-23-19-53-15-11-42)40-38(34)44-6-1-7-45(9-8-44)39-35(47(50)51)3-5-37(41-39)43-12-16-54-20-24-58-28-32-61-33-29-59-25-21-55-17-13-43/h2-5H,1,6-33H2. The number of aromatic nitrogens is 2. The Morgan fingerprint density at radius 3 is 0.885 bits per heavy atom. The first-order valence-corrected chi connectivity index (χ1v) is 21.1. The van der Waals surface area contributed by atoms with Crippen molar-refractivity contribution in [2.75, 3.05) is 204 Å². The molecule has 0 spiro atoms. The average Bonchev–Trinajstić information content (AvgIpc) is 3.52. The molecule has 0 atom stereocenters. The van der Waals surface area contributed by atoms with E-state index in [1.54, 1.807) is 12.1 Å². The first-order chi connectivity index (χ1) is 30.0. The van der Waals surface area contributed by atoms with Crippen LogP contribution < -0.4 is 19.6 Å². The van der Waals surface area contributed by atoms with Crippen molar-refractivity contribution in [2.24, 2.45) is 0 Å². The summed E-state index contributed by atoms with van der Waals surface area (Å²) in [5, 5.41) is 24.7. The number of nitro groups is 2. The maximum absolute atomic E-state index is 12.4. The van der Waals surface area contributed by atoms with E-state index in [1.807, 2.05) is 19.6 Å². The smallest absolute Gasteiger partial charge is 0.311 e. The van der Waals surface area contributed by atoms with Crippen LogP contribution in [0.2, 0.25) is 0 Å². The fourth-order valence-corrected chi connectivity index (χ4v) is 6.65. The highest BCUT2D eigenvalue weighted by Crippen LogP contribution is 2.33. The fourth-order valence-electron chi connectivity index (χ4n) is 6.65. The molecule has 5 rings (SSSR count). The summed E-state index contributed by atoms with van der Waals surface area (Å²) in [5.74, 6) is 1.52. The van der Waals surface area contributed by atoms with Gasteiger partial charge in [-0.05, 0) is 18.6 Å². The third-order valence-corrected chi connectivity index (χ3v) is 9.81. The summed E-state index contributed by atoms with van der Waals surface area (Å²) >= 11 is 0. The third kappa shape index (κ3) is 17.3. The number of anilines is 4. The molecule has 0 unspecified atom stereocenters. The predicted molar refractivity (Wildman–Crippen MR) is 223 cm³/mol. The van der Waals surface area contributed by atoms with E-state index in [9.17, 15) is 20.2 Å². The highest BCUT2D eigenvalue weighted by atomic mass is 16.6. The number of hydrogen-bond acceptors (Lipinski definition) is 20. The summed E-state index contributed by atoms with van der Waals surface area (Å²) in [4.78, 5) is 41.3. The van der Waals surface area contributed by atoms with Crippen LogP contribution >= 0.6 is 0 Å². The highest BCUT2D eigenvalue weighted by molar-refractivity contribution is 5.65. The molecule has 3 fully saturated rings. The van der Waals surface area contributed by atoms with E-state index in [2.05, 4.69) is 0 Å². The quantitative estimate of drug-likeness (QED) is 0.299. The molecule has 3 aliphatic rings. The summed E-state index contributed by atoms with van der Waals surface area (Å²) in [5.41, 5.74) is -0.267. The van der Waals surface area contributed by atoms with Crippen LogP contribution in [-0.4, -0.2) is 204 Å². The largest absolute Gasteiger partial charge is 0.377 e. The molecule has 0 aliphatic carbocycles. The van der Waals surface area contributed by atoms with Crippen LogP contribution in [0, 0.1) is 20.2 Å². The molecule has 2 aromatic rings. The second kappa shape index (κ2) is 28.5. The van der Waals surface area contributed by atoms with Gasteiger partial charge in [-0.2, -0.15) is 0 Å². The molecule has 3 saturated heterocycles. The number of hydrogen-bond donors (Lipinski definition) is 0. The van der Waals surface area contributed by atoms with E-state index in [0.29, 0.717) is 203 Å². The van der Waals surface area contributed by atoms with Gasteiger partial charge < -0.3 is 67.0 Å². The van der Waals surface area contributed by atoms with Crippen LogP contribution in [0.1, 0.15) is 6.42 Å². The molecule has 61 heavy (non-hydrogen) atoms. The molecule has 342 valence electrons. The van der Waals surface area contributed by atoms with Crippen LogP contribution in [0.25, 0.3) is 0 Å². The number of rotatable bonds is 6. The minimum Gasteiger partial charge on any atom is -0.377 e. The molecular formula is C39H62N8O14. The van der Waals surface area contributed by atoms with Crippen LogP contribution in [-0.2, 0) is 47.4 Å². The summed E-state index contributed by atoms with van der Waals surface area (Å²) in [7, 11) is 0. The molecule has 0 N–H and O–H groups in total. The van der Waals surface area contributed by atoms with E-state index in [-0.39, 0.29) is 23.0 Å². The second-order valence-electron chi connectivity index (χ2n) is 14.0. The first kappa shape index (κ1) is 47.9. The molecule has 0 saturated carbocycles. The maximum atomic E-state index is 12.4. The molecule has 0 amide bonds. The Balaban J connectivity index is 1.29. The van der Waals surface area contributed by atoms with Gasteiger partial charge in [0.2, 0.25) is 11.6 Å². The summed E-state index contributed by atoms with van der Waals surface area (Å²) < 4.78 is 56.6. The van der Waals surface area contributed by atoms with Gasteiger partial charge >= 0.3 is 11.4 Å². The lowest BCUT2D eigenvalue weighted by atomic mass is 10.3. The monoisotopic (exact) mass is 866 g/mol. The topological polar surface area (TPSA) is 217 Å². The molecule has 22 nitrogen and oxygen atoms in total. The van der Waals surface area contributed by atoms with E-state index >= 15 is 0 Å². The number of ether oxygens (including phenoxy) is 10. The Kier molecular flexibility index (Phi) is 22.4. The van der Waals surface area contributed by atoms with Gasteiger partial charge in [0.1, 0.15) is 11.6 Å². The minimum absolute atomic E-state index is 0.133. The van der Waals surface area contributed by atoms with Gasteiger partial charge in [-0.3, -0.25) is 20.2 Å². The van der Waals surface area contributed by atoms with Gasteiger partial charge in [-0.25, -0.2) is 9.97 Å². The van der Waals surface area contributed by atoms with Crippen molar-refractivity contribution in [2.45, 2.75) is 6.42 Å². The van der Waals surface area contributed by atoms with Crippen molar-refractivity contribution < 1.29 is 57.2 Å². The van der Waals surface area contributed by atoms with Crippen LogP contribution in [0.5, 0.6) is 0 Å². The molecule has 3 aliphatic heterocycles. The van der Waals surface area contributed by atoms with Gasteiger partial charge in [0.05, 0.1) is 142 Å². The summed E-state index contributed by atoms with van der Waals surface area (Å²) in [6, 6.07) is 6.23. The summed E-state index contributed by atoms with van der Waals surface area (Å²) in [6.45, 7) is 11.8. The number of pyridine rings is 2. The average molecular weight is 867 g/mol. The van der Waals surface area contributed by atoms with Crippen molar-refractivity contribution in [3.63, 3.8) is 0 Å². The predicted octanol–water partition coefficient (Wildman–Crippen LogP) is 1.82. The van der Waals surface area contributed by atoms with Crippen molar-refractivity contribution in [1.29, 1.82) is 0 Å². The Labute approximate surface area is 356 Å².